The number of likely N-dealkylation sites (tertiary alicyclic amines) is 1. The molecule has 0 aromatic carbocycles. The van der Waals surface area contributed by atoms with Crippen molar-refractivity contribution in [2.45, 2.75) is 38.5 Å². The molecule has 19 heavy (non-hydrogen) atoms. The summed E-state index contributed by atoms with van der Waals surface area (Å²) >= 11 is 0. The topological polar surface area (TPSA) is 68.2 Å². The maximum absolute atomic E-state index is 12.2. The molecule has 0 spiro atoms. The number of esters is 1. The van der Waals surface area contributed by atoms with E-state index in [1.165, 1.54) is 0 Å². The number of likely N-dealkylation sites (N-methyl/N-ethyl adjacent to an activating group) is 1. The number of nitrogens with zero attached hydrogens (tertiary/aromatic N) is 1. The second-order valence-electron chi connectivity index (χ2n) is 5.91. The van der Waals surface area contributed by atoms with Gasteiger partial charge in [-0.2, -0.15) is 0 Å². The molecule has 1 saturated heterocycles. The van der Waals surface area contributed by atoms with E-state index in [4.69, 9.17) is 14.2 Å². The third-order valence-electron chi connectivity index (χ3n) is 3.04. The quantitative estimate of drug-likeness (QED) is 0.440. The summed E-state index contributed by atoms with van der Waals surface area (Å²) in [5.41, 5.74) is -0.560. The van der Waals surface area contributed by atoms with Crippen molar-refractivity contribution in [3.8, 4) is 0 Å². The second kappa shape index (κ2) is 6.65. The van der Waals surface area contributed by atoms with Crippen LogP contribution in [0.25, 0.3) is 0 Å². The molecule has 1 rings (SSSR count). The van der Waals surface area contributed by atoms with Crippen LogP contribution in [0.1, 0.15) is 20.8 Å². The van der Waals surface area contributed by atoms with E-state index in [0.29, 0.717) is 13.2 Å². The fourth-order valence-corrected chi connectivity index (χ4v) is 2.24. The summed E-state index contributed by atoms with van der Waals surface area (Å²) in [5.74, 6) is -0.962. The van der Waals surface area contributed by atoms with E-state index in [-0.39, 0.29) is 18.8 Å². The molecule has 1 N–H and O–H groups in total. The highest BCUT2D eigenvalue weighted by Gasteiger charge is 2.45. The molecule has 0 saturated carbocycles. The number of carbonyl (C=O) groups excluding carboxylic acids is 1. The third-order valence-corrected chi connectivity index (χ3v) is 3.04. The predicted octanol–water partition coefficient (Wildman–Crippen LogP) is 0.240. The fourth-order valence-electron chi connectivity index (χ4n) is 2.24. The summed E-state index contributed by atoms with van der Waals surface area (Å²) in [4.78, 5) is 14.1. The van der Waals surface area contributed by atoms with Gasteiger partial charge in [0.15, 0.2) is 0 Å². The Morgan fingerprint density at radius 3 is 2.58 bits per heavy atom. The number of aliphatic hydroxyl groups excluding tert-OH is 1. The first-order valence-electron chi connectivity index (χ1n) is 6.44. The van der Waals surface area contributed by atoms with Crippen molar-refractivity contribution in [3.63, 3.8) is 0 Å². The predicted molar refractivity (Wildman–Crippen MR) is 69.6 cm³/mol. The highest BCUT2D eigenvalue weighted by atomic mass is 16.7. The molecule has 1 heterocycles. The molecular formula is C13H25NO5. The van der Waals surface area contributed by atoms with Gasteiger partial charge in [-0.3, -0.25) is 9.69 Å². The number of ether oxygens (including phenoxy) is 3. The third kappa shape index (κ3) is 4.72. The maximum atomic E-state index is 12.2. The first-order valence-corrected chi connectivity index (χ1v) is 6.44. The molecule has 2 unspecified atom stereocenters. The van der Waals surface area contributed by atoms with E-state index in [9.17, 15) is 9.90 Å². The van der Waals surface area contributed by atoms with E-state index in [0.717, 1.165) is 0 Å². The number of carbonyl (C=O) groups is 1. The SMILES string of the molecule is COCOC[C@@H]1C(C(=O)OC(C)(C)C)C(O)CN1C. The zero-order valence-electron chi connectivity index (χ0n) is 12.4. The van der Waals surface area contributed by atoms with Gasteiger partial charge < -0.3 is 19.3 Å². The van der Waals surface area contributed by atoms with E-state index >= 15 is 0 Å². The van der Waals surface area contributed by atoms with Gasteiger partial charge in [0, 0.05) is 19.7 Å². The molecule has 3 atom stereocenters. The van der Waals surface area contributed by atoms with Gasteiger partial charge in [0.2, 0.25) is 0 Å². The van der Waals surface area contributed by atoms with Crippen LogP contribution in [-0.4, -0.2) is 67.8 Å². The van der Waals surface area contributed by atoms with Crippen LogP contribution in [0.15, 0.2) is 0 Å². The zero-order valence-corrected chi connectivity index (χ0v) is 12.4. The zero-order chi connectivity index (χ0) is 14.6. The summed E-state index contributed by atoms with van der Waals surface area (Å²) in [6.45, 7) is 6.36. The summed E-state index contributed by atoms with van der Waals surface area (Å²) < 4.78 is 15.5. The molecule has 0 bridgehead atoms. The summed E-state index contributed by atoms with van der Waals surface area (Å²) in [6.07, 6.45) is -0.726. The molecule has 1 aliphatic rings. The Labute approximate surface area is 114 Å². The summed E-state index contributed by atoms with van der Waals surface area (Å²) in [7, 11) is 3.40. The number of methoxy groups -OCH3 is 1. The molecule has 0 aromatic heterocycles. The lowest BCUT2D eigenvalue weighted by molar-refractivity contribution is -0.165. The lowest BCUT2D eigenvalue weighted by Gasteiger charge is -2.27. The minimum Gasteiger partial charge on any atom is -0.460 e. The van der Waals surface area contributed by atoms with Crippen LogP contribution in [0, 0.1) is 5.92 Å². The Morgan fingerprint density at radius 2 is 2.05 bits per heavy atom. The Bertz CT molecular complexity index is 302. The largest absolute Gasteiger partial charge is 0.460 e. The molecule has 6 heteroatoms. The van der Waals surface area contributed by atoms with Crippen molar-refractivity contribution in [1.82, 2.24) is 4.90 Å². The molecule has 1 fully saturated rings. The van der Waals surface area contributed by atoms with E-state index in [1.54, 1.807) is 7.11 Å². The van der Waals surface area contributed by atoms with Gasteiger partial charge in [0.25, 0.3) is 0 Å². The van der Waals surface area contributed by atoms with Gasteiger partial charge >= 0.3 is 5.97 Å². The van der Waals surface area contributed by atoms with Crippen LogP contribution in [0.4, 0.5) is 0 Å². The Kier molecular flexibility index (Phi) is 5.73. The molecule has 1 aliphatic heterocycles. The van der Waals surface area contributed by atoms with Crippen LogP contribution >= 0.6 is 0 Å². The normalized spacial score (nSPS) is 28.6. The van der Waals surface area contributed by atoms with Crippen molar-refractivity contribution < 1.29 is 24.1 Å². The highest BCUT2D eigenvalue weighted by molar-refractivity contribution is 5.75. The number of hydrogen-bond donors (Lipinski definition) is 1. The van der Waals surface area contributed by atoms with Gasteiger partial charge in [0.1, 0.15) is 18.3 Å². The number of rotatable bonds is 5. The van der Waals surface area contributed by atoms with Crippen molar-refractivity contribution >= 4 is 5.97 Å². The van der Waals surface area contributed by atoms with Crippen LogP contribution in [0.2, 0.25) is 0 Å². The minimum absolute atomic E-state index is 0.168. The molecule has 0 aromatic rings. The summed E-state index contributed by atoms with van der Waals surface area (Å²) in [5, 5.41) is 10.0. The molecule has 0 radical (unpaired) electrons. The van der Waals surface area contributed by atoms with Gasteiger partial charge in [-0.05, 0) is 27.8 Å². The monoisotopic (exact) mass is 275 g/mol. The average molecular weight is 275 g/mol. The molecular weight excluding hydrogens is 250 g/mol. The maximum Gasteiger partial charge on any atom is 0.313 e. The van der Waals surface area contributed by atoms with Crippen molar-refractivity contribution in [3.05, 3.63) is 0 Å². The highest BCUT2D eigenvalue weighted by Crippen LogP contribution is 2.26. The first kappa shape index (κ1) is 16.4. The van der Waals surface area contributed by atoms with Crippen molar-refractivity contribution in [2.24, 2.45) is 5.92 Å². The summed E-state index contributed by atoms with van der Waals surface area (Å²) in [6, 6.07) is -0.194. The number of β-amino-alcohol motifs (C(OH)–C–C–N with tert-alkyl or cyclic N) is 1. The number of hydrogen-bond acceptors (Lipinski definition) is 6. The second-order valence-corrected chi connectivity index (χ2v) is 5.91. The van der Waals surface area contributed by atoms with E-state index in [1.807, 2.05) is 32.7 Å². The standard InChI is InChI=1S/C13H25NO5/c1-13(2,3)19-12(16)11-9(7-18-8-17-5)14(4)6-10(11)15/h9-11,15H,6-8H2,1-5H3/t9-,10?,11?/m1/s1. The smallest absolute Gasteiger partial charge is 0.313 e. The lowest BCUT2D eigenvalue weighted by atomic mass is 9.98. The van der Waals surface area contributed by atoms with Crippen LogP contribution in [-0.2, 0) is 19.0 Å². The molecule has 0 amide bonds. The Balaban J connectivity index is 2.67. The van der Waals surface area contributed by atoms with E-state index in [2.05, 4.69) is 0 Å². The number of aliphatic hydroxyl groups is 1. The van der Waals surface area contributed by atoms with Crippen LogP contribution in [0.3, 0.4) is 0 Å². The van der Waals surface area contributed by atoms with Gasteiger partial charge in [-0.25, -0.2) is 0 Å². The fraction of sp³-hybridized carbons (Fsp3) is 0.923. The van der Waals surface area contributed by atoms with Crippen LogP contribution in [0.5, 0.6) is 0 Å². The molecule has 0 aliphatic carbocycles. The van der Waals surface area contributed by atoms with Crippen LogP contribution < -0.4 is 0 Å². The van der Waals surface area contributed by atoms with E-state index < -0.39 is 17.6 Å². The first-order chi connectivity index (χ1) is 8.76. The molecule has 112 valence electrons. The van der Waals surface area contributed by atoms with Gasteiger partial charge in [-0.15, -0.1) is 0 Å². The van der Waals surface area contributed by atoms with Crippen molar-refractivity contribution in [1.29, 1.82) is 0 Å². The average Bonchev–Trinajstić information content (AvgIpc) is 2.51. The van der Waals surface area contributed by atoms with Gasteiger partial charge in [0.05, 0.1) is 12.7 Å². The lowest BCUT2D eigenvalue weighted by Crippen LogP contribution is -2.42. The molecule has 6 nitrogen and oxygen atoms in total. The van der Waals surface area contributed by atoms with Gasteiger partial charge in [-0.1, -0.05) is 0 Å². The van der Waals surface area contributed by atoms with Crippen molar-refractivity contribution in [2.75, 3.05) is 34.1 Å². The Morgan fingerprint density at radius 1 is 1.42 bits per heavy atom. The Hall–Kier alpha value is -0.690. The minimum atomic E-state index is -0.726.